The molecule has 0 bridgehead atoms. The first-order chi connectivity index (χ1) is 24.6. The van der Waals surface area contributed by atoms with E-state index in [0.717, 1.165) is 23.9 Å². The number of nitrogens with zero attached hydrogens (tertiary/aromatic N) is 3. The number of nitrogens with two attached hydrogens (primary N) is 2. The molecule has 9 amide bonds. The zero-order valence-electron chi connectivity index (χ0n) is 29.3. The molecule has 2 atom stereocenters. The quantitative estimate of drug-likeness (QED) is 0.0826. The number of ether oxygens (including phenoxy) is 1. The summed E-state index contributed by atoms with van der Waals surface area (Å²) in [5, 5.41) is 10.5. The van der Waals surface area contributed by atoms with Gasteiger partial charge in [-0.3, -0.25) is 28.8 Å². The highest BCUT2D eigenvalue weighted by atomic mass is 32.2. The van der Waals surface area contributed by atoms with E-state index in [2.05, 4.69) is 34.4 Å². The molecule has 0 aliphatic carbocycles. The van der Waals surface area contributed by atoms with Crippen LogP contribution in [0.1, 0.15) is 38.7 Å². The van der Waals surface area contributed by atoms with E-state index < -0.39 is 53.7 Å². The molecule has 1 heterocycles. The van der Waals surface area contributed by atoms with Gasteiger partial charge in [0.05, 0.1) is 25.8 Å². The first-order valence-corrected chi connectivity index (χ1v) is 17.4. The number of amides is 9. The summed E-state index contributed by atoms with van der Waals surface area (Å²) < 4.78 is 4.75. The summed E-state index contributed by atoms with van der Waals surface area (Å²) in [6.45, 7) is 10.4. The lowest BCUT2D eigenvalue weighted by atomic mass is 10.0. The van der Waals surface area contributed by atoms with Crippen LogP contribution in [0, 0.1) is 5.92 Å². The number of hydrogen-bond donors (Lipinski definition) is 6. The van der Waals surface area contributed by atoms with E-state index in [-0.39, 0.29) is 69.3 Å². The van der Waals surface area contributed by atoms with E-state index in [9.17, 15) is 38.4 Å². The van der Waals surface area contributed by atoms with Gasteiger partial charge in [-0.05, 0) is 48.6 Å². The van der Waals surface area contributed by atoms with Crippen LogP contribution in [-0.2, 0) is 40.1 Å². The molecule has 1 saturated heterocycles. The molecule has 1 unspecified atom stereocenters. The number of hydrogen-bond acceptors (Lipinski definition) is 10. The first kappa shape index (κ1) is 42.6. The molecule has 1 aromatic rings. The van der Waals surface area contributed by atoms with Crippen LogP contribution in [0.3, 0.4) is 0 Å². The summed E-state index contributed by atoms with van der Waals surface area (Å²) in [7, 11) is 0. The molecule has 1 fully saturated rings. The Morgan fingerprint density at radius 2 is 1.48 bits per heavy atom. The second-order valence-corrected chi connectivity index (χ2v) is 13.0. The lowest BCUT2D eigenvalue weighted by molar-refractivity contribution is -0.154. The van der Waals surface area contributed by atoms with Gasteiger partial charge in [0, 0.05) is 24.4 Å². The van der Waals surface area contributed by atoms with Gasteiger partial charge < -0.3 is 52.2 Å². The molecule has 0 radical (unpaired) electrons. The van der Waals surface area contributed by atoms with Crippen molar-refractivity contribution in [2.75, 3.05) is 43.4 Å². The minimum atomic E-state index is -1.05. The Morgan fingerprint density at radius 3 is 2.02 bits per heavy atom. The van der Waals surface area contributed by atoms with Gasteiger partial charge in [0.25, 0.3) is 0 Å². The standard InChI is InChI=1S/C33H47N9O9S/c1-5-26(44)40-18-41(27(45)6-2)20-42(19-40)28(46)13-15-52-17-25(43)39-29(21(3)4)31(48)38-24(8-7-14-36-32(34)49)30(47)37-23-11-9-22(10-12-23)16-51-33(35)50/h5-6,9-12,21,24,29H,1-2,7-8,13-20H2,3-4H3,(H2,35,50)(H,37,47)(H,38,48)(H,39,43)(H3,34,36,49)/t24-,29?/m0/s1. The van der Waals surface area contributed by atoms with E-state index in [1.54, 1.807) is 38.1 Å². The molecule has 1 aromatic carbocycles. The highest BCUT2D eigenvalue weighted by Crippen LogP contribution is 2.15. The van der Waals surface area contributed by atoms with Crippen LogP contribution in [0.15, 0.2) is 49.6 Å². The molecule has 0 aromatic heterocycles. The Bertz CT molecular complexity index is 1460. The van der Waals surface area contributed by atoms with Gasteiger partial charge in [0.1, 0.15) is 18.7 Å². The van der Waals surface area contributed by atoms with Crippen LogP contribution in [0.25, 0.3) is 0 Å². The number of primary amides is 2. The number of urea groups is 1. The largest absolute Gasteiger partial charge is 0.445 e. The monoisotopic (exact) mass is 745 g/mol. The Balaban J connectivity index is 1.97. The third-order valence-electron chi connectivity index (χ3n) is 7.51. The fraction of sp³-hybridized carbons (Fsp3) is 0.455. The fourth-order valence-electron chi connectivity index (χ4n) is 4.80. The number of rotatable bonds is 19. The molecule has 8 N–H and O–H groups in total. The molecular weight excluding hydrogens is 698 g/mol. The second kappa shape index (κ2) is 21.6. The second-order valence-electron chi connectivity index (χ2n) is 11.9. The van der Waals surface area contributed by atoms with Crippen molar-refractivity contribution >= 4 is 65.0 Å². The summed E-state index contributed by atoms with van der Waals surface area (Å²) in [4.78, 5) is 103. The lowest BCUT2D eigenvalue weighted by Gasteiger charge is -2.41. The number of thioether (sulfide) groups is 1. The summed E-state index contributed by atoms with van der Waals surface area (Å²) >= 11 is 1.16. The van der Waals surface area contributed by atoms with Gasteiger partial charge in [-0.2, -0.15) is 11.8 Å². The van der Waals surface area contributed by atoms with Crippen LogP contribution >= 0.6 is 11.8 Å². The molecule has 18 nitrogen and oxygen atoms in total. The number of carbonyl (C=O) groups excluding carboxylic acids is 8. The fourth-order valence-corrected chi connectivity index (χ4v) is 5.53. The van der Waals surface area contributed by atoms with Crippen molar-refractivity contribution in [2.45, 2.75) is 51.8 Å². The predicted octanol–water partition coefficient (Wildman–Crippen LogP) is 0.162. The Kier molecular flexibility index (Phi) is 17.7. The Labute approximate surface area is 306 Å². The molecule has 0 saturated carbocycles. The lowest BCUT2D eigenvalue weighted by Crippen LogP contribution is -2.59. The highest BCUT2D eigenvalue weighted by Gasteiger charge is 2.31. The third kappa shape index (κ3) is 14.7. The Morgan fingerprint density at radius 1 is 0.885 bits per heavy atom. The van der Waals surface area contributed by atoms with E-state index in [4.69, 9.17) is 16.2 Å². The molecule has 284 valence electrons. The first-order valence-electron chi connectivity index (χ1n) is 16.3. The highest BCUT2D eigenvalue weighted by molar-refractivity contribution is 7.99. The number of carbonyl (C=O) groups is 8. The van der Waals surface area contributed by atoms with Crippen molar-refractivity contribution < 1.29 is 43.1 Å². The van der Waals surface area contributed by atoms with Gasteiger partial charge in [-0.1, -0.05) is 39.1 Å². The van der Waals surface area contributed by atoms with E-state index in [0.29, 0.717) is 17.7 Å². The summed E-state index contributed by atoms with van der Waals surface area (Å²) in [6, 6.07) is 3.61. The van der Waals surface area contributed by atoms with Crippen LogP contribution in [0.2, 0.25) is 0 Å². The normalized spacial score (nSPS) is 13.6. The van der Waals surface area contributed by atoms with Crippen LogP contribution in [0.4, 0.5) is 15.3 Å². The van der Waals surface area contributed by atoms with E-state index in [1.807, 2.05) is 0 Å². The van der Waals surface area contributed by atoms with Gasteiger partial charge in [0.15, 0.2) is 0 Å². The summed E-state index contributed by atoms with van der Waals surface area (Å²) in [5.41, 5.74) is 11.1. The molecule has 1 aliphatic rings. The molecule has 19 heteroatoms. The minimum Gasteiger partial charge on any atom is -0.445 e. The number of anilines is 1. The maximum atomic E-state index is 13.4. The van der Waals surface area contributed by atoms with E-state index >= 15 is 0 Å². The average Bonchev–Trinajstić information content (AvgIpc) is 3.11. The molecule has 1 aliphatic heterocycles. The van der Waals surface area contributed by atoms with Crippen molar-refractivity contribution in [1.82, 2.24) is 30.7 Å². The van der Waals surface area contributed by atoms with Gasteiger partial charge in [0.2, 0.25) is 35.4 Å². The van der Waals surface area contributed by atoms with Crippen molar-refractivity contribution in [3.05, 3.63) is 55.1 Å². The summed E-state index contributed by atoms with van der Waals surface area (Å²) in [6.07, 6.45) is 1.70. The van der Waals surface area contributed by atoms with Crippen molar-refractivity contribution in [1.29, 1.82) is 0 Å². The van der Waals surface area contributed by atoms with Crippen LogP contribution < -0.4 is 32.7 Å². The van der Waals surface area contributed by atoms with Crippen molar-refractivity contribution in [2.24, 2.45) is 17.4 Å². The molecular formula is C33H47N9O9S. The Hall–Kier alpha value is -5.59. The molecule has 2 rings (SSSR count). The van der Waals surface area contributed by atoms with Gasteiger partial charge in [-0.25, -0.2) is 9.59 Å². The smallest absolute Gasteiger partial charge is 0.404 e. The van der Waals surface area contributed by atoms with Gasteiger partial charge in [-0.15, -0.1) is 0 Å². The third-order valence-corrected chi connectivity index (χ3v) is 8.47. The van der Waals surface area contributed by atoms with Crippen LogP contribution in [0.5, 0.6) is 0 Å². The van der Waals surface area contributed by atoms with Gasteiger partial charge >= 0.3 is 12.1 Å². The summed E-state index contributed by atoms with van der Waals surface area (Å²) in [5.74, 6) is -3.04. The predicted molar refractivity (Wildman–Crippen MR) is 192 cm³/mol. The zero-order valence-corrected chi connectivity index (χ0v) is 30.1. The maximum Gasteiger partial charge on any atom is 0.404 e. The van der Waals surface area contributed by atoms with Crippen molar-refractivity contribution in [3.8, 4) is 0 Å². The number of nitrogens with one attached hydrogen (secondary N) is 4. The number of benzene rings is 1. The van der Waals surface area contributed by atoms with Crippen molar-refractivity contribution in [3.63, 3.8) is 0 Å². The zero-order chi connectivity index (χ0) is 38.8. The average molecular weight is 746 g/mol. The topological polar surface area (TPSA) is 256 Å². The SMILES string of the molecule is C=CC(=O)N1CN(C(=O)C=C)CN(C(=O)CCSCC(=O)NC(C(=O)N[C@@H](CCCNC(N)=O)C(=O)Nc2ccc(COC(N)=O)cc2)C(C)C)C1. The minimum absolute atomic E-state index is 0.0122. The van der Waals surface area contributed by atoms with E-state index in [1.165, 1.54) is 14.7 Å². The molecule has 0 spiro atoms. The maximum absolute atomic E-state index is 13.4. The van der Waals surface area contributed by atoms with Crippen LogP contribution in [-0.4, -0.2) is 112 Å². The molecule has 52 heavy (non-hydrogen) atoms.